The van der Waals surface area contributed by atoms with E-state index in [1.165, 1.54) is 12.7 Å². The summed E-state index contributed by atoms with van der Waals surface area (Å²) in [5.41, 5.74) is 3.23. The molecule has 0 aliphatic carbocycles. The van der Waals surface area contributed by atoms with Gasteiger partial charge >= 0.3 is 5.97 Å². The first-order valence-electron chi connectivity index (χ1n) is 6.31. The second kappa shape index (κ2) is 5.73. The summed E-state index contributed by atoms with van der Waals surface area (Å²) in [6.45, 7) is 1.01. The number of likely N-dealkylation sites (N-methyl/N-ethyl adjacent to an activating group) is 1. The molecule has 0 bridgehead atoms. The first-order valence-corrected chi connectivity index (χ1v) is 6.31. The van der Waals surface area contributed by atoms with Crippen LogP contribution in [0.25, 0.3) is 0 Å². The van der Waals surface area contributed by atoms with Gasteiger partial charge in [0, 0.05) is 31.4 Å². The number of hydrogen-bond acceptors (Lipinski definition) is 4. The van der Waals surface area contributed by atoms with Crippen molar-refractivity contribution < 1.29 is 14.3 Å². The van der Waals surface area contributed by atoms with E-state index in [4.69, 9.17) is 0 Å². The monoisotopic (exact) mass is 262 g/mol. The molecule has 1 aromatic rings. The molecular weight excluding hydrogens is 244 g/mol. The van der Waals surface area contributed by atoms with Crippen LogP contribution in [-0.2, 0) is 20.7 Å². The molecule has 0 saturated carbocycles. The molecule has 5 heteroatoms. The highest BCUT2D eigenvalue weighted by atomic mass is 16.5. The number of amides is 1. The highest BCUT2D eigenvalue weighted by molar-refractivity contribution is 5.93. The van der Waals surface area contributed by atoms with Gasteiger partial charge in [-0.25, -0.2) is 0 Å². The number of nitrogens with one attached hydrogen (secondary N) is 1. The van der Waals surface area contributed by atoms with Crippen LogP contribution >= 0.6 is 0 Å². The van der Waals surface area contributed by atoms with Crippen LogP contribution in [0, 0.1) is 0 Å². The van der Waals surface area contributed by atoms with E-state index in [0.29, 0.717) is 0 Å². The number of carbonyl (C=O) groups excluding carboxylic acids is 2. The molecule has 19 heavy (non-hydrogen) atoms. The number of benzene rings is 1. The van der Waals surface area contributed by atoms with Crippen molar-refractivity contribution in [3.05, 3.63) is 23.8 Å². The second-order valence-electron chi connectivity index (χ2n) is 4.64. The third-order valence-electron chi connectivity index (χ3n) is 3.28. The Morgan fingerprint density at radius 3 is 2.89 bits per heavy atom. The number of esters is 1. The summed E-state index contributed by atoms with van der Waals surface area (Å²) in [6, 6.07) is 5.90. The lowest BCUT2D eigenvalue weighted by atomic mass is 10.1. The van der Waals surface area contributed by atoms with Crippen molar-refractivity contribution in [2.45, 2.75) is 19.3 Å². The van der Waals surface area contributed by atoms with Gasteiger partial charge in [-0.05, 0) is 24.1 Å². The van der Waals surface area contributed by atoms with Crippen molar-refractivity contribution in [1.82, 2.24) is 0 Å². The summed E-state index contributed by atoms with van der Waals surface area (Å²) in [5, 5.41) is 2.80. The minimum absolute atomic E-state index is 0.104. The fourth-order valence-electron chi connectivity index (χ4n) is 2.16. The Morgan fingerprint density at radius 1 is 1.37 bits per heavy atom. The second-order valence-corrected chi connectivity index (χ2v) is 4.64. The van der Waals surface area contributed by atoms with Gasteiger partial charge in [-0.2, -0.15) is 0 Å². The number of methoxy groups -OCH3 is 1. The lowest BCUT2D eigenvalue weighted by molar-refractivity contribution is -0.141. The predicted octanol–water partition coefficient (Wildman–Crippen LogP) is 1.57. The third-order valence-corrected chi connectivity index (χ3v) is 3.28. The quantitative estimate of drug-likeness (QED) is 0.837. The fourth-order valence-corrected chi connectivity index (χ4v) is 2.16. The Morgan fingerprint density at radius 2 is 2.16 bits per heavy atom. The Bertz CT molecular complexity index is 499. The molecule has 1 aliphatic rings. The first-order chi connectivity index (χ1) is 9.10. The van der Waals surface area contributed by atoms with E-state index < -0.39 is 0 Å². The molecule has 0 aromatic heterocycles. The molecule has 0 saturated heterocycles. The number of carbonyl (C=O) groups is 2. The largest absolute Gasteiger partial charge is 0.469 e. The van der Waals surface area contributed by atoms with Gasteiger partial charge in [-0.3, -0.25) is 9.59 Å². The van der Waals surface area contributed by atoms with Gasteiger partial charge in [-0.1, -0.05) is 6.07 Å². The van der Waals surface area contributed by atoms with E-state index in [1.807, 2.05) is 25.2 Å². The van der Waals surface area contributed by atoms with E-state index in [-0.39, 0.29) is 24.7 Å². The summed E-state index contributed by atoms with van der Waals surface area (Å²) < 4.78 is 4.50. The molecule has 1 aromatic carbocycles. The minimum Gasteiger partial charge on any atom is -0.469 e. The van der Waals surface area contributed by atoms with Crippen LogP contribution in [0.1, 0.15) is 18.4 Å². The number of anilines is 2. The van der Waals surface area contributed by atoms with Crippen molar-refractivity contribution in [2.24, 2.45) is 0 Å². The Labute approximate surface area is 112 Å². The zero-order valence-electron chi connectivity index (χ0n) is 11.2. The number of ether oxygens (including phenoxy) is 1. The van der Waals surface area contributed by atoms with E-state index in [0.717, 1.165) is 24.3 Å². The minimum atomic E-state index is -0.371. The highest BCUT2D eigenvalue weighted by Gasteiger charge is 2.16. The van der Waals surface area contributed by atoms with Crippen LogP contribution in [0.3, 0.4) is 0 Å². The Hall–Kier alpha value is -2.04. The van der Waals surface area contributed by atoms with E-state index in [9.17, 15) is 9.59 Å². The molecule has 2 rings (SSSR count). The topological polar surface area (TPSA) is 58.6 Å². The number of rotatable bonds is 4. The Balaban J connectivity index is 1.94. The Kier molecular flexibility index (Phi) is 4.04. The van der Waals surface area contributed by atoms with Gasteiger partial charge in [0.15, 0.2) is 0 Å². The number of fused-ring (bicyclic) bond motifs is 1. The molecule has 0 fully saturated rings. The molecular formula is C14H18N2O3. The van der Waals surface area contributed by atoms with Crippen LogP contribution in [-0.4, -0.2) is 32.6 Å². The molecule has 0 radical (unpaired) electrons. The lowest BCUT2D eigenvalue weighted by Crippen LogP contribution is -2.15. The van der Waals surface area contributed by atoms with Crippen molar-refractivity contribution >= 4 is 23.3 Å². The van der Waals surface area contributed by atoms with E-state index >= 15 is 0 Å². The maximum atomic E-state index is 11.7. The standard InChI is InChI=1S/C14H18N2O3/c1-16-8-7-10-3-4-11(9-12(10)16)15-13(17)5-6-14(18)19-2/h3-4,9H,5-8H2,1-2H3,(H,15,17). The summed E-state index contributed by atoms with van der Waals surface area (Å²) in [4.78, 5) is 24.8. The average molecular weight is 262 g/mol. The smallest absolute Gasteiger partial charge is 0.306 e. The van der Waals surface area contributed by atoms with Crippen LogP contribution < -0.4 is 10.2 Å². The zero-order chi connectivity index (χ0) is 13.8. The van der Waals surface area contributed by atoms with Gasteiger partial charge in [-0.15, -0.1) is 0 Å². The van der Waals surface area contributed by atoms with Crippen molar-refractivity contribution in [2.75, 3.05) is 30.9 Å². The molecule has 0 unspecified atom stereocenters. The summed E-state index contributed by atoms with van der Waals surface area (Å²) in [5.74, 6) is -0.546. The molecule has 102 valence electrons. The molecule has 1 heterocycles. The molecule has 0 spiro atoms. The number of nitrogens with zero attached hydrogens (tertiary/aromatic N) is 1. The normalized spacial score (nSPS) is 13.1. The van der Waals surface area contributed by atoms with Crippen LogP contribution in [0.15, 0.2) is 18.2 Å². The van der Waals surface area contributed by atoms with Crippen molar-refractivity contribution in [1.29, 1.82) is 0 Å². The van der Waals surface area contributed by atoms with Gasteiger partial charge in [0.2, 0.25) is 5.91 Å². The van der Waals surface area contributed by atoms with Crippen LogP contribution in [0.4, 0.5) is 11.4 Å². The van der Waals surface area contributed by atoms with Gasteiger partial charge < -0.3 is 15.0 Å². The fraction of sp³-hybridized carbons (Fsp3) is 0.429. The molecule has 1 amide bonds. The van der Waals surface area contributed by atoms with Crippen LogP contribution in [0.5, 0.6) is 0 Å². The molecule has 1 aliphatic heterocycles. The van der Waals surface area contributed by atoms with Gasteiger partial charge in [0.25, 0.3) is 0 Å². The maximum absolute atomic E-state index is 11.7. The van der Waals surface area contributed by atoms with Crippen molar-refractivity contribution in [3.63, 3.8) is 0 Å². The third kappa shape index (κ3) is 3.24. The van der Waals surface area contributed by atoms with Crippen molar-refractivity contribution in [3.8, 4) is 0 Å². The maximum Gasteiger partial charge on any atom is 0.306 e. The first kappa shape index (κ1) is 13.4. The van der Waals surface area contributed by atoms with E-state index in [2.05, 4.69) is 15.0 Å². The lowest BCUT2D eigenvalue weighted by Gasteiger charge is -2.13. The summed E-state index contributed by atoms with van der Waals surface area (Å²) in [6.07, 6.45) is 1.29. The zero-order valence-corrected chi connectivity index (χ0v) is 11.2. The summed E-state index contributed by atoms with van der Waals surface area (Å²) >= 11 is 0. The molecule has 5 nitrogen and oxygen atoms in total. The number of hydrogen-bond donors (Lipinski definition) is 1. The summed E-state index contributed by atoms with van der Waals surface area (Å²) in [7, 11) is 3.35. The average Bonchev–Trinajstić information content (AvgIpc) is 2.77. The highest BCUT2D eigenvalue weighted by Crippen LogP contribution is 2.29. The molecule has 0 atom stereocenters. The van der Waals surface area contributed by atoms with Gasteiger partial charge in [0.1, 0.15) is 0 Å². The van der Waals surface area contributed by atoms with Gasteiger partial charge in [0.05, 0.1) is 13.5 Å². The molecule has 1 N–H and O–H groups in total. The van der Waals surface area contributed by atoms with Crippen LogP contribution in [0.2, 0.25) is 0 Å². The SMILES string of the molecule is COC(=O)CCC(=O)Nc1ccc2c(c1)N(C)CC2. The predicted molar refractivity (Wildman–Crippen MR) is 73.3 cm³/mol. The van der Waals surface area contributed by atoms with E-state index in [1.54, 1.807) is 0 Å².